The number of aryl methyl sites for hydroxylation is 1. The first-order valence-corrected chi connectivity index (χ1v) is 11.9. The second kappa shape index (κ2) is 12.0. The molecule has 1 atom stereocenters. The van der Waals surface area contributed by atoms with E-state index < -0.39 is 17.7 Å². The molecule has 0 aliphatic carbocycles. The molecule has 13 nitrogen and oxygen atoms in total. The van der Waals surface area contributed by atoms with Gasteiger partial charge in [0.15, 0.2) is 5.69 Å². The number of alkyl halides is 1. The van der Waals surface area contributed by atoms with Crippen LogP contribution in [-0.2, 0) is 22.6 Å². The van der Waals surface area contributed by atoms with E-state index in [0.29, 0.717) is 31.9 Å². The first-order valence-electron chi connectivity index (χ1n) is 11.9. The van der Waals surface area contributed by atoms with Crippen molar-refractivity contribution in [2.45, 2.75) is 52.1 Å². The molecule has 2 aromatic rings. The van der Waals surface area contributed by atoms with Crippen LogP contribution >= 0.6 is 0 Å². The average molecular weight is 521 g/mol. The van der Waals surface area contributed by atoms with Crippen LogP contribution in [-0.4, -0.2) is 91.8 Å². The van der Waals surface area contributed by atoms with Crippen molar-refractivity contribution in [3.63, 3.8) is 0 Å². The van der Waals surface area contributed by atoms with Gasteiger partial charge in [-0.1, -0.05) is 5.21 Å². The van der Waals surface area contributed by atoms with Gasteiger partial charge in [0.25, 0.3) is 11.5 Å². The molecular formula is C23H33FN8O5. The van der Waals surface area contributed by atoms with Crippen molar-refractivity contribution in [3.05, 3.63) is 40.6 Å². The van der Waals surface area contributed by atoms with Gasteiger partial charge < -0.3 is 25.3 Å². The van der Waals surface area contributed by atoms with Crippen molar-refractivity contribution in [3.8, 4) is 0 Å². The maximum absolute atomic E-state index is 14.3. The Labute approximate surface area is 213 Å². The normalized spacial score (nSPS) is 15.3. The topological polar surface area (TPSA) is 158 Å². The lowest BCUT2D eigenvalue weighted by Crippen LogP contribution is -2.51. The summed E-state index contributed by atoms with van der Waals surface area (Å²) >= 11 is 0. The van der Waals surface area contributed by atoms with Gasteiger partial charge in [-0.3, -0.25) is 19.3 Å². The highest BCUT2D eigenvalue weighted by Crippen LogP contribution is 2.12. The van der Waals surface area contributed by atoms with Crippen LogP contribution in [0, 0.1) is 0 Å². The molecule has 1 aliphatic rings. The number of rotatable bonds is 9. The molecule has 3 rings (SSSR count). The number of ether oxygens (including phenoxy) is 1. The number of nitrogens with zero attached hydrogens (tertiary/aromatic N) is 6. The summed E-state index contributed by atoms with van der Waals surface area (Å²) in [5.74, 6) is -1.03. The Morgan fingerprint density at radius 1 is 1.22 bits per heavy atom. The van der Waals surface area contributed by atoms with Crippen molar-refractivity contribution < 1.29 is 23.5 Å². The number of halogens is 1. The highest BCUT2D eigenvalue weighted by atomic mass is 19.1. The minimum atomic E-state index is -1.33. The maximum Gasteiger partial charge on any atom is 0.410 e. The zero-order valence-corrected chi connectivity index (χ0v) is 21.2. The fourth-order valence-electron chi connectivity index (χ4n) is 3.66. The zero-order chi connectivity index (χ0) is 27.2. The number of hydrogen-bond acceptors (Lipinski definition) is 8. The smallest absolute Gasteiger partial charge is 0.410 e. The number of aromatic nitrogens is 4. The predicted octanol–water partition coefficient (Wildman–Crippen LogP) is 0.458. The summed E-state index contributed by atoms with van der Waals surface area (Å²) < 4.78 is 22.2. The largest absolute Gasteiger partial charge is 0.444 e. The monoisotopic (exact) mass is 520 g/mol. The maximum atomic E-state index is 14.3. The summed E-state index contributed by atoms with van der Waals surface area (Å²) in [6.07, 6.45) is 1.09. The fraction of sp³-hybridized carbons (Fsp3) is 0.565. The first kappa shape index (κ1) is 27.8. The van der Waals surface area contributed by atoms with Gasteiger partial charge >= 0.3 is 6.09 Å². The summed E-state index contributed by atoms with van der Waals surface area (Å²) in [6, 6.07) is 2.85. The molecule has 0 aromatic carbocycles. The Morgan fingerprint density at radius 2 is 1.92 bits per heavy atom. The van der Waals surface area contributed by atoms with E-state index in [1.807, 2.05) is 25.7 Å². The van der Waals surface area contributed by atoms with Crippen LogP contribution < -0.4 is 16.6 Å². The minimum Gasteiger partial charge on any atom is -0.444 e. The number of nitrogens with two attached hydrogens (primary N) is 1. The number of primary amides is 1. The minimum absolute atomic E-state index is 0.0344. The van der Waals surface area contributed by atoms with E-state index in [9.17, 15) is 23.6 Å². The summed E-state index contributed by atoms with van der Waals surface area (Å²) in [6.45, 7) is 7.50. The van der Waals surface area contributed by atoms with E-state index in [-0.39, 0.29) is 49.3 Å². The van der Waals surface area contributed by atoms with E-state index in [0.717, 1.165) is 0 Å². The van der Waals surface area contributed by atoms with E-state index in [4.69, 9.17) is 10.5 Å². The number of anilines is 1. The lowest BCUT2D eigenvalue weighted by molar-refractivity contribution is -0.117. The molecule has 0 radical (unpaired) electrons. The standard InChI is InChI=1S/C23H33FN8O5/c1-23(2,3)37-22(36)31-10-8-29(9-11-31)15-19(33)26-17-5-7-30(20(34)12-17)6-4-16(24)13-32-14-18(21(25)35)27-28-32/h5,7,12,14,16H,4,6,8-11,13,15H2,1-3H3,(H2,25,35)(H,26,33). The molecule has 1 aliphatic heterocycles. The van der Waals surface area contributed by atoms with Crippen LogP contribution in [0.5, 0.6) is 0 Å². The summed E-state index contributed by atoms with van der Waals surface area (Å²) in [7, 11) is 0. The van der Waals surface area contributed by atoms with Crippen molar-refractivity contribution >= 4 is 23.6 Å². The Hall–Kier alpha value is -3.81. The Balaban J connectivity index is 1.42. The molecule has 3 heterocycles. The van der Waals surface area contributed by atoms with E-state index >= 15 is 0 Å². The van der Waals surface area contributed by atoms with Gasteiger partial charge in [-0.15, -0.1) is 5.10 Å². The SMILES string of the molecule is CC(C)(C)OC(=O)N1CCN(CC(=O)Nc2ccn(CCC(F)Cn3cc(C(N)=O)nn3)c(=O)c2)CC1. The summed E-state index contributed by atoms with van der Waals surface area (Å²) in [5, 5.41) is 9.90. The molecule has 0 spiro atoms. The van der Waals surface area contributed by atoms with Gasteiger partial charge in [0.2, 0.25) is 5.91 Å². The molecular weight excluding hydrogens is 487 g/mol. The van der Waals surface area contributed by atoms with Crippen molar-refractivity contribution in [2.24, 2.45) is 5.73 Å². The van der Waals surface area contributed by atoms with Crippen LogP contribution in [0.3, 0.4) is 0 Å². The molecule has 1 saturated heterocycles. The molecule has 3 N–H and O–H groups in total. The second-order valence-electron chi connectivity index (χ2n) is 9.81. The van der Waals surface area contributed by atoms with Crippen LogP contribution in [0.2, 0.25) is 0 Å². The van der Waals surface area contributed by atoms with Gasteiger partial charge in [0.1, 0.15) is 11.8 Å². The quantitative estimate of drug-likeness (QED) is 0.483. The molecule has 202 valence electrons. The van der Waals surface area contributed by atoms with Gasteiger partial charge in [0.05, 0.1) is 19.3 Å². The van der Waals surface area contributed by atoms with Gasteiger partial charge in [0, 0.05) is 50.7 Å². The highest BCUT2D eigenvalue weighted by Gasteiger charge is 2.26. The lowest BCUT2D eigenvalue weighted by atomic mass is 10.2. The van der Waals surface area contributed by atoms with E-state index in [1.165, 1.54) is 27.7 Å². The average Bonchev–Trinajstić information content (AvgIpc) is 3.26. The third-order valence-corrected chi connectivity index (χ3v) is 5.53. The molecule has 0 bridgehead atoms. The number of carbonyl (C=O) groups excluding carboxylic acids is 3. The molecule has 0 saturated carbocycles. The first-order chi connectivity index (χ1) is 17.4. The molecule has 1 fully saturated rings. The van der Waals surface area contributed by atoms with Crippen molar-refractivity contribution in [1.82, 2.24) is 29.4 Å². The van der Waals surface area contributed by atoms with Crippen LogP contribution in [0.1, 0.15) is 37.7 Å². The molecule has 37 heavy (non-hydrogen) atoms. The van der Waals surface area contributed by atoms with Crippen LogP contribution in [0.25, 0.3) is 0 Å². The zero-order valence-electron chi connectivity index (χ0n) is 21.2. The number of carbonyl (C=O) groups is 3. The third kappa shape index (κ3) is 8.66. The second-order valence-corrected chi connectivity index (χ2v) is 9.81. The molecule has 3 amide bonds. The third-order valence-electron chi connectivity index (χ3n) is 5.53. The Bertz CT molecular complexity index is 1170. The van der Waals surface area contributed by atoms with Crippen LogP contribution in [0.4, 0.5) is 14.9 Å². The molecule has 14 heteroatoms. The van der Waals surface area contributed by atoms with Gasteiger partial charge in [-0.2, -0.15) is 0 Å². The number of hydrogen-bond donors (Lipinski definition) is 2. The fourth-order valence-corrected chi connectivity index (χ4v) is 3.66. The van der Waals surface area contributed by atoms with Crippen LogP contribution in [0.15, 0.2) is 29.3 Å². The van der Waals surface area contributed by atoms with E-state index in [2.05, 4.69) is 15.6 Å². The Kier molecular flexibility index (Phi) is 8.97. The van der Waals surface area contributed by atoms with Crippen molar-refractivity contribution in [2.75, 3.05) is 38.0 Å². The highest BCUT2D eigenvalue weighted by molar-refractivity contribution is 5.92. The Morgan fingerprint density at radius 3 is 2.51 bits per heavy atom. The number of piperazine rings is 1. The molecule has 1 unspecified atom stereocenters. The van der Waals surface area contributed by atoms with Gasteiger partial charge in [-0.25, -0.2) is 13.9 Å². The van der Waals surface area contributed by atoms with E-state index in [1.54, 1.807) is 11.0 Å². The van der Waals surface area contributed by atoms with Crippen molar-refractivity contribution in [1.29, 1.82) is 0 Å². The number of pyridine rings is 1. The number of nitrogens with one attached hydrogen (secondary N) is 1. The van der Waals surface area contributed by atoms with Gasteiger partial charge in [-0.05, 0) is 33.3 Å². The predicted molar refractivity (Wildman–Crippen MR) is 132 cm³/mol. The molecule has 2 aromatic heterocycles. The summed E-state index contributed by atoms with van der Waals surface area (Å²) in [4.78, 5) is 51.6. The lowest BCUT2D eigenvalue weighted by Gasteiger charge is -2.35. The number of amides is 3. The summed E-state index contributed by atoms with van der Waals surface area (Å²) in [5.41, 5.74) is 4.44.